The predicted molar refractivity (Wildman–Crippen MR) is 67.1 cm³/mol. The topological polar surface area (TPSA) is 120 Å². The molecule has 0 aliphatic heterocycles. The second-order valence-electron chi connectivity index (χ2n) is 3.01. The Morgan fingerprint density at radius 3 is 2.76 bits per heavy atom. The number of rotatable bonds is 7. The molecule has 0 unspecified atom stereocenters. The zero-order valence-electron chi connectivity index (χ0n) is 9.77. The number of carbonyl (C=O) groups is 2. The lowest BCUT2D eigenvalue weighted by molar-refractivity contribution is -0.143. The Morgan fingerprint density at radius 2 is 2.18 bits per heavy atom. The summed E-state index contributed by atoms with van der Waals surface area (Å²) in [5.41, 5.74) is 5.30. The molecule has 5 N–H and O–H groups in total. The molecule has 0 aliphatic carbocycles. The summed E-state index contributed by atoms with van der Waals surface area (Å²) in [5.74, 6) is 4.63. The zero-order valence-corrected chi connectivity index (χ0v) is 10.6. The van der Waals surface area contributed by atoms with Crippen molar-refractivity contribution in [3.8, 4) is 0 Å². The number of carbonyl (C=O) groups excluding carboxylic acids is 2. The third-order valence-electron chi connectivity index (χ3n) is 1.66. The number of hydrazone groups is 1. The van der Waals surface area contributed by atoms with Crippen molar-refractivity contribution >= 4 is 28.8 Å². The number of amides is 1. The first-order chi connectivity index (χ1) is 8.10. The molecule has 17 heavy (non-hydrogen) atoms. The van der Waals surface area contributed by atoms with Crippen LogP contribution in [0, 0.1) is 0 Å². The summed E-state index contributed by atoms with van der Waals surface area (Å²) in [6.45, 7) is 2.55. The van der Waals surface area contributed by atoms with Gasteiger partial charge in [0.25, 0.3) is 0 Å². The number of nitrogens with two attached hydrogens (primary N) is 2. The Kier molecular flexibility index (Phi) is 8.94. The largest absolute Gasteiger partial charge is 0.466 e. The molecule has 0 aliphatic rings. The number of nitrogens with one attached hydrogen (secondary N) is 1. The summed E-state index contributed by atoms with van der Waals surface area (Å²) < 4.78 is 4.74. The van der Waals surface area contributed by atoms with Crippen molar-refractivity contribution in [3.05, 3.63) is 0 Å². The van der Waals surface area contributed by atoms with Crippen molar-refractivity contribution in [1.82, 2.24) is 5.32 Å². The van der Waals surface area contributed by atoms with Gasteiger partial charge in [-0.15, -0.1) is 0 Å². The summed E-state index contributed by atoms with van der Waals surface area (Å²) in [7, 11) is 0. The van der Waals surface area contributed by atoms with Crippen LogP contribution in [0.5, 0.6) is 0 Å². The minimum atomic E-state index is -0.254. The maximum absolute atomic E-state index is 11.2. The van der Waals surface area contributed by atoms with E-state index in [1.54, 1.807) is 6.92 Å². The van der Waals surface area contributed by atoms with Crippen LogP contribution in [-0.2, 0) is 14.3 Å². The number of thioether (sulfide) groups is 1. The van der Waals surface area contributed by atoms with Crippen LogP contribution in [0.1, 0.15) is 19.8 Å². The van der Waals surface area contributed by atoms with E-state index in [1.807, 2.05) is 0 Å². The average molecular weight is 262 g/mol. The van der Waals surface area contributed by atoms with Crippen LogP contribution >= 0.6 is 11.8 Å². The van der Waals surface area contributed by atoms with Gasteiger partial charge in [-0.2, -0.15) is 5.10 Å². The van der Waals surface area contributed by atoms with Gasteiger partial charge in [-0.25, -0.2) is 0 Å². The van der Waals surface area contributed by atoms with Gasteiger partial charge in [0.1, 0.15) is 0 Å². The third kappa shape index (κ3) is 9.49. The molecular weight excluding hydrogens is 244 g/mol. The molecule has 7 nitrogen and oxygen atoms in total. The van der Waals surface area contributed by atoms with E-state index < -0.39 is 0 Å². The Bertz CT molecular complexity index is 283. The Hall–Kier alpha value is -1.44. The van der Waals surface area contributed by atoms with Gasteiger partial charge in [-0.3, -0.25) is 9.59 Å². The van der Waals surface area contributed by atoms with Gasteiger partial charge in [0.15, 0.2) is 5.17 Å². The van der Waals surface area contributed by atoms with Crippen molar-refractivity contribution in [2.24, 2.45) is 16.7 Å². The first kappa shape index (κ1) is 15.6. The van der Waals surface area contributed by atoms with E-state index in [2.05, 4.69) is 10.4 Å². The normalized spacial score (nSPS) is 11.0. The van der Waals surface area contributed by atoms with Crippen LogP contribution in [-0.4, -0.2) is 35.9 Å². The third-order valence-corrected chi connectivity index (χ3v) is 2.47. The van der Waals surface area contributed by atoms with E-state index in [1.165, 1.54) is 0 Å². The van der Waals surface area contributed by atoms with Gasteiger partial charge in [0.2, 0.25) is 5.91 Å². The van der Waals surface area contributed by atoms with Crippen LogP contribution in [0.15, 0.2) is 5.10 Å². The summed E-state index contributed by atoms with van der Waals surface area (Å²) in [5, 5.41) is 6.02. The van der Waals surface area contributed by atoms with E-state index in [9.17, 15) is 9.59 Å². The summed E-state index contributed by atoms with van der Waals surface area (Å²) in [6.07, 6.45) is 0.851. The molecule has 0 fully saturated rings. The first-order valence-electron chi connectivity index (χ1n) is 5.18. The lowest BCUT2D eigenvalue weighted by atomic mass is 10.3. The van der Waals surface area contributed by atoms with Gasteiger partial charge < -0.3 is 21.6 Å². The van der Waals surface area contributed by atoms with Crippen molar-refractivity contribution in [3.63, 3.8) is 0 Å². The highest BCUT2D eigenvalue weighted by Crippen LogP contribution is 1.98. The van der Waals surface area contributed by atoms with E-state index >= 15 is 0 Å². The molecule has 8 heteroatoms. The van der Waals surface area contributed by atoms with Crippen LogP contribution in [0.2, 0.25) is 0 Å². The van der Waals surface area contributed by atoms with Crippen LogP contribution < -0.4 is 16.9 Å². The van der Waals surface area contributed by atoms with Crippen LogP contribution in [0.3, 0.4) is 0 Å². The Balaban J connectivity index is 3.48. The molecule has 0 aromatic heterocycles. The van der Waals surface area contributed by atoms with Crippen molar-refractivity contribution in [1.29, 1.82) is 0 Å². The molecule has 0 aromatic carbocycles. The molecule has 0 spiro atoms. The average Bonchev–Trinajstić information content (AvgIpc) is 2.32. The molecule has 0 saturated carbocycles. The van der Waals surface area contributed by atoms with E-state index in [-0.39, 0.29) is 22.8 Å². The second kappa shape index (κ2) is 9.76. The second-order valence-corrected chi connectivity index (χ2v) is 4.01. The summed E-state index contributed by atoms with van der Waals surface area (Å²) in [4.78, 5) is 22.2. The minimum absolute atomic E-state index is 0.159. The Morgan fingerprint density at radius 1 is 1.47 bits per heavy atom. The van der Waals surface area contributed by atoms with Crippen molar-refractivity contribution in [2.75, 3.05) is 18.9 Å². The molecule has 0 bridgehead atoms. The first-order valence-corrected chi connectivity index (χ1v) is 6.17. The highest BCUT2D eigenvalue weighted by atomic mass is 32.2. The number of hydrogen-bond donors (Lipinski definition) is 3. The fraction of sp³-hybridized carbons (Fsp3) is 0.667. The number of nitrogens with zero attached hydrogens (tertiary/aromatic N) is 1. The van der Waals surface area contributed by atoms with Crippen molar-refractivity contribution in [2.45, 2.75) is 19.8 Å². The molecule has 1 amide bonds. The van der Waals surface area contributed by atoms with E-state index in [0.717, 1.165) is 11.8 Å². The number of hydrogen-bond acceptors (Lipinski definition) is 6. The van der Waals surface area contributed by atoms with E-state index in [0.29, 0.717) is 26.0 Å². The quantitative estimate of drug-likeness (QED) is 0.140. The monoisotopic (exact) mass is 262 g/mol. The summed E-state index contributed by atoms with van der Waals surface area (Å²) in [6, 6.07) is 0. The van der Waals surface area contributed by atoms with Gasteiger partial charge in [0, 0.05) is 13.0 Å². The van der Waals surface area contributed by atoms with Gasteiger partial charge in [-0.05, 0) is 13.3 Å². The standard InChI is InChI=1S/C9H18N4O3S/c1-2-16-8(15)4-3-5-12-7(14)6-17-9(10)13-11/h2-6,11H2,1H3,(H2,10,13)(H,12,14). The molecule has 0 heterocycles. The van der Waals surface area contributed by atoms with Gasteiger partial charge >= 0.3 is 5.97 Å². The van der Waals surface area contributed by atoms with Crippen molar-refractivity contribution < 1.29 is 14.3 Å². The van der Waals surface area contributed by atoms with Crippen LogP contribution in [0.4, 0.5) is 0 Å². The minimum Gasteiger partial charge on any atom is -0.466 e. The summed E-state index contributed by atoms with van der Waals surface area (Å²) >= 11 is 1.06. The Labute approximate surface area is 104 Å². The maximum atomic E-state index is 11.2. The fourth-order valence-corrected chi connectivity index (χ4v) is 1.38. The highest BCUT2D eigenvalue weighted by Gasteiger charge is 2.04. The molecule has 0 atom stereocenters. The smallest absolute Gasteiger partial charge is 0.305 e. The number of ether oxygens (including phenoxy) is 1. The fourth-order valence-electron chi connectivity index (χ4n) is 0.921. The lowest BCUT2D eigenvalue weighted by Crippen LogP contribution is -2.28. The predicted octanol–water partition coefficient (Wildman–Crippen LogP) is -0.632. The number of amidine groups is 1. The van der Waals surface area contributed by atoms with Crippen LogP contribution in [0.25, 0.3) is 0 Å². The molecule has 0 aromatic rings. The molecule has 0 rings (SSSR count). The van der Waals surface area contributed by atoms with Gasteiger partial charge in [0.05, 0.1) is 12.4 Å². The molecule has 98 valence electrons. The molecule has 0 saturated heterocycles. The zero-order chi connectivity index (χ0) is 13.1. The molecule has 0 radical (unpaired) electrons. The SMILES string of the molecule is CCOC(=O)CCCNC(=O)CSC(N)=NN. The lowest BCUT2D eigenvalue weighted by Gasteiger charge is -2.04. The highest BCUT2D eigenvalue weighted by molar-refractivity contribution is 8.14. The van der Waals surface area contributed by atoms with E-state index in [4.69, 9.17) is 16.3 Å². The van der Waals surface area contributed by atoms with Gasteiger partial charge in [-0.1, -0.05) is 11.8 Å². The number of esters is 1. The molecular formula is C9H18N4O3S. The maximum Gasteiger partial charge on any atom is 0.305 e.